The van der Waals surface area contributed by atoms with Crippen molar-refractivity contribution >= 4 is 5.84 Å². The molecule has 0 aromatic carbocycles. The van der Waals surface area contributed by atoms with Crippen molar-refractivity contribution in [2.45, 2.75) is 13.3 Å². The Morgan fingerprint density at radius 3 is 2.56 bits per heavy atom. The summed E-state index contributed by atoms with van der Waals surface area (Å²) < 4.78 is 0. The summed E-state index contributed by atoms with van der Waals surface area (Å²) in [6.45, 7) is 5.71. The van der Waals surface area contributed by atoms with Crippen LogP contribution in [0.1, 0.15) is 13.3 Å². The van der Waals surface area contributed by atoms with E-state index in [9.17, 15) is 0 Å². The van der Waals surface area contributed by atoms with Gasteiger partial charge in [-0.1, -0.05) is 25.2 Å². The lowest BCUT2D eigenvalue weighted by Gasteiger charge is -1.89. The zero-order valence-corrected chi connectivity index (χ0v) is 5.65. The second-order valence-corrected chi connectivity index (χ2v) is 1.80. The number of allylic oxidation sites excluding steroid dienone is 2. The van der Waals surface area contributed by atoms with Crippen LogP contribution in [0, 0.1) is 5.41 Å². The van der Waals surface area contributed by atoms with E-state index in [1.165, 1.54) is 6.08 Å². The molecular formula is C7H12N2. The Balaban J connectivity index is 3.71. The SMILES string of the molecule is C=C(/C=C\C(=N)N)CC. The molecular weight excluding hydrogens is 112 g/mol. The number of amidine groups is 1. The van der Waals surface area contributed by atoms with Crippen LogP contribution in [-0.2, 0) is 0 Å². The molecule has 0 unspecified atom stereocenters. The van der Waals surface area contributed by atoms with Crippen molar-refractivity contribution in [3.8, 4) is 0 Å². The Hall–Kier alpha value is -1.05. The van der Waals surface area contributed by atoms with Gasteiger partial charge in [0.1, 0.15) is 5.84 Å². The first kappa shape index (κ1) is 7.95. The molecule has 9 heavy (non-hydrogen) atoms. The summed E-state index contributed by atoms with van der Waals surface area (Å²) in [6.07, 6.45) is 4.19. The topological polar surface area (TPSA) is 49.9 Å². The molecule has 2 heteroatoms. The van der Waals surface area contributed by atoms with Gasteiger partial charge in [-0.2, -0.15) is 0 Å². The molecule has 0 rings (SSSR count). The molecule has 0 bridgehead atoms. The van der Waals surface area contributed by atoms with Crippen molar-refractivity contribution < 1.29 is 0 Å². The summed E-state index contributed by atoms with van der Waals surface area (Å²) in [5, 5.41) is 6.81. The molecule has 0 radical (unpaired) electrons. The Morgan fingerprint density at radius 1 is 1.67 bits per heavy atom. The molecule has 0 atom stereocenters. The minimum Gasteiger partial charge on any atom is -0.384 e. The lowest BCUT2D eigenvalue weighted by atomic mass is 10.2. The van der Waals surface area contributed by atoms with E-state index in [2.05, 4.69) is 6.58 Å². The van der Waals surface area contributed by atoms with Crippen LogP contribution in [0.3, 0.4) is 0 Å². The van der Waals surface area contributed by atoms with E-state index in [1.807, 2.05) is 6.92 Å². The summed E-state index contributed by atoms with van der Waals surface area (Å²) in [7, 11) is 0. The molecule has 0 aliphatic rings. The maximum atomic E-state index is 6.81. The van der Waals surface area contributed by atoms with Gasteiger partial charge >= 0.3 is 0 Å². The summed E-state index contributed by atoms with van der Waals surface area (Å²) in [4.78, 5) is 0. The zero-order valence-electron chi connectivity index (χ0n) is 5.65. The minimum absolute atomic E-state index is 0.0737. The Kier molecular flexibility index (Phi) is 3.44. The van der Waals surface area contributed by atoms with Crippen molar-refractivity contribution in [2.24, 2.45) is 5.73 Å². The van der Waals surface area contributed by atoms with Crippen LogP contribution in [0.5, 0.6) is 0 Å². The van der Waals surface area contributed by atoms with Crippen LogP contribution in [0.2, 0.25) is 0 Å². The number of nitrogens with one attached hydrogen (secondary N) is 1. The molecule has 0 aromatic rings. The van der Waals surface area contributed by atoms with E-state index in [4.69, 9.17) is 11.1 Å². The monoisotopic (exact) mass is 124 g/mol. The van der Waals surface area contributed by atoms with Crippen LogP contribution in [0.4, 0.5) is 0 Å². The first-order valence-electron chi connectivity index (χ1n) is 2.86. The predicted molar refractivity (Wildman–Crippen MR) is 40.5 cm³/mol. The van der Waals surface area contributed by atoms with Crippen LogP contribution < -0.4 is 5.73 Å². The van der Waals surface area contributed by atoms with Gasteiger partial charge in [0.25, 0.3) is 0 Å². The van der Waals surface area contributed by atoms with E-state index >= 15 is 0 Å². The van der Waals surface area contributed by atoms with Crippen molar-refractivity contribution in [1.29, 1.82) is 5.41 Å². The van der Waals surface area contributed by atoms with E-state index < -0.39 is 0 Å². The van der Waals surface area contributed by atoms with Crippen LogP contribution in [0.15, 0.2) is 24.3 Å². The standard InChI is InChI=1S/C7H12N2/c1-3-6(2)4-5-7(8)9/h4-5H,2-3H2,1H3,(H3,8,9)/b5-4-. The summed E-state index contributed by atoms with van der Waals surface area (Å²) in [6, 6.07) is 0. The highest BCUT2D eigenvalue weighted by Crippen LogP contribution is 1.96. The third kappa shape index (κ3) is 4.81. The fraction of sp³-hybridized carbons (Fsp3) is 0.286. The van der Waals surface area contributed by atoms with Crippen LogP contribution in [0.25, 0.3) is 0 Å². The maximum Gasteiger partial charge on any atom is 0.115 e. The normalized spacial score (nSPS) is 9.89. The first-order valence-corrected chi connectivity index (χ1v) is 2.86. The van der Waals surface area contributed by atoms with Gasteiger partial charge in [-0.15, -0.1) is 0 Å². The van der Waals surface area contributed by atoms with Gasteiger partial charge in [0.05, 0.1) is 0 Å². The van der Waals surface area contributed by atoms with Gasteiger partial charge in [-0.3, -0.25) is 5.41 Å². The second kappa shape index (κ2) is 3.89. The summed E-state index contributed by atoms with van der Waals surface area (Å²) in [5.74, 6) is 0.0737. The molecule has 2 nitrogen and oxygen atoms in total. The molecule has 0 saturated heterocycles. The zero-order chi connectivity index (χ0) is 7.28. The highest BCUT2D eigenvalue weighted by molar-refractivity contribution is 5.88. The van der Waals surface area contributed by atoms with Crippen LogP contribution >= 0.6 is 0 Å². The van der Waals surface area contributed by atoms with Crippen molar-refractivity contribution in [3.05, 3.63) is 24.3 Å². The lowest BCUT2D eigenvalue weighted by molar-refractivity contribution is 1.16. The largest absolute Gasteiger partial charge is 0.384 e. The number of hydrogen-bond acceptors (Lipinski definition) is 1. The smallest absolute Gasteiger partial charge is 0.115 e. The lowest BCUT2D eigenvalue weighted by Crippen LogP contribution is -2.04. The second-order valence-electron chi connectivity index (χ2n) is 1.80. The van der Waals surface area contributed by atoms with Crippen molar-refractivity contribution in [3.63, 3.8) is 0 Å². The fourth-order valence-corrected chi connectivity index (χ4v) is 0.325. The molecule has 3 N–H and O–H groups in total. The molecule has 0 aromatic heterocycles. The third-order valence-electron chi connectivity index (χ3n) is 0.953. The quantitative estimate of drug-likeness (QED) is 0.334. The molecule has 0 aliphatic heterocycles. The van der Waals surface area contributed by atoms with Crippen molar-refractivity contribution in [1.82, 2.24) is 0 Å². The highest BCUT2D eigenvalue weighted by atomic mass is 14.7. The van der Waals surface area contributed by atoms with Crippen LogP contribution in [-0.4, -0.2) is 5.84 Å². The average molecular weight is 124 g/mol. The first-order chi connectivity index (χ1) is 4.16. The third-order valence-corrected chi connectivity index (χ3v) is 0.953. The van der Waals surface area contributed by atoms with Gasteiger partial charge < -0.3 is 5.73 Å². The maximum absolute atomic E-state index is 6.81. The number of nitrogens with two attached hydrogens (primary N) is 1. The molecule has 0 amide bonds. The average Bonchev–Trinajstić information content (AvgIpc) is 1.83. The van der Waals surface area contributed by atoms with E-state index in [1.54, 1.807) is 6.08 Å². The molecule has 0 aliphatic carbocycles. The van der Waals surface area contributed by atoms with Gasteiger partial charge in [0, 0.05) is 0 Å². The molecule has 0 fully saturated rings. The summed E-state index contributed by atoms with van der Waals surface area (Å²) in [5.41, 5.74) is 6.04. The Labute approximate surface area is 55.6 Å². The molecule has 0 saturated carbocycles. The minimum atomic E-state index is 0.0737. The van der Waals surface area contributed by atoms with Crippen molar-refractivity contribution in [2.75, 3.05) is 0 Å². The van der Waals surface area contributed by atoms with E-state index in [0.29, 0.717) is 0 Å². The van der Waals surface area contributed by atoms with Gasteiger partial charge in [-0.25, -0.2) is 0 Å². The van der Waals surface area contributed by atoms with E-state index in [-0.39, 0.29) is 5.84 Å². The Morgan fingerprint density at radius 2 is 2.22 bits per heavy atom. The molecule has 0 heterocycles. The summed E-state index contributed by atoms with van der Waals surface area (Å²) >= 11 is 0. The molecule has 0 spiro atoms. The van der Waals surface area contributed by atoms with Gasteiger partial charge in [-0.05, 0) is 12.5 Å². The fourth-order valence-electron chi connectivity index (χ4n) is 0.325. The Bertz CT molecular complexity index is 145. The van der Waals surface area contributed by atoms with E-state index in [0.717, 1.165) is 12.0 Å². The van der Waals surface area contributed by atoms with Gasteiger partial charge in [0.15, 0.2) is 0 Å². The number of rotatable bonds is 3. The highest BCUT2D eigenvalue weighted by Gasteiger charge is 1.80. The predicted octanol–water partition coefficient (Wildman–Crippen LogP) is 1.44. The molecule has 50 valence electrons. The number of hydrogen-bond donors (Lipinski definition) is 2. The van der Waals surface area contributed by atoms with Gasteiger partial charge in [0.2, 0.25) is 0 Å².